The van der Waals surface area contributed by atoms with Crippen LogP contribution in [-0.4, -0.2) is 17.7 Å². The minimum Gasteiger partial charge on any atom is -0.508 e. The summed E-state index contributed by atoms with van der Waals surface area (Å²) in [6.45, 7) is 6.94. The monoisotopic (exact) mass is 334 g/mol. The van der Waals surface area contributed by atoms with Crippen LogP contribution in [0.1, 0.15) is 77.7 Å². The molecule has 0 saturated carbocycles. The fourth-order valence-electron chi connectivity index (χ4n) is 3.08. The summed E-state index contributed by atoms with van der Waals surface area (Å²) >= 11 is 0. The van der Waals surface area contributed by atoms with E-state index in [1.807, 2.05) is 12.1 Å². The van der Waals surface area contributed by atoms with Crippen molar-refractivity contribution >= 4 is 5.97 Å². The Morgan fingerprint density at radius 2 is 1.50 bits per heavy atom. The first kappa shape index (κ1) is 20.5. The predicted octanol–water partition coefficient (Wildman–Crippen LogP) is 5.64. The molecule has 0 aliphatic heterocycles. The van der Waals surface area contributed by atoms with Crippen molar-refractivity contribution in [3.63, 3.8) is 0 Å². The Balaban J connectivity index is 2.98. The van der Waals surface area contributed by atoms with Gasteiger partial charge in [0, 0.05) is 0 Å². The number of phenols is 1. The SMILES string of the molecule is CCCCOC(=O)C(CCCC)(CCCC)Cc1ccc(O)cc1. The molecule has 0 aliphatic carbocycles. The highest BCUT2D eigenvalue weighted by molar-refractivity contribution is 5.77. The van der Waals surface area contributed by atoms with E-state index in [4.69, 9.17) is 4.74 Å². The van der Waals surface area contributed by atoms with Crippen molar-refractivity contribution in [2.45, 2.75) is 78.6 Å². The summed E-state index contributed by atoms with van der Waals surface area (Å²) in [6, 6.07) is 7.23. The maximum Gasteiger partial charge on any atom is 0.312 e. The lowest BCUT2D eigenvalue weighted by molar-refractivity contribution is -0.157. The van der Waals surface area contributed by atoms with E-state index in [0.29, 0.717) is 13.0 Å². The molecule has 0 saturated heterocycles. The zero-order valence-corrected chi connectivity index (χ0v) is 15.6. The number of aromatic hydroxyl groups is 1. The van der Waals surface area contributed by atoms with Gasteiger partial charge >= 0.3 is 5.97 Å². The number of hydrogen-bond acceptors (Lipinski definition) is 3. The molecular weight excluding hydrogens is 300 g/mol. The molecule has 0 atom stereocenters. The number of unbranched alkanes of at least 4 members (excludes halogenated alkanes) is 3. The summed E-state index contributed by atoms with van der Waals surface area (Å²) in [5.74, 6) is 0.225. The fraction of sp³-hybridized carbons (Fsp3) is 0.667. The number of benzene rings is 1. The molecule has 0 fully saturated rings. The molecule has 0 unspecified atom stereocenters. The van der Waals surface area contributed by atoms with Gasteiger partial charge in [0.15, 0.2) is 0 Å². The number of carbonyl (C=O) groups excluding carboxylic acids is 1. The number of rotatable bonds is 12. The van der Waals surface area contributed by atoms with Crippen LogP contribution in [0.3, 0.4) is 0 Å². The second kappa shape index (κ2) is 11.1. The van der Waals surface area contributed by atoms with Gasteiger partial charge in [-0.1, -0.05) is 65.0 Å². The van der Waals surface area contributed by atoms with E-state index in [0.717, 1.165) is 56.9 Å². The topological polar surface area (TPSA) is 46.5 Å². The highest BCUT2D eigenvalue weighted by Gasteiger charge is 2.38. The van der Waals surface area contributed by atoms with E-state index in [9.17, 15) is 9.90 Å². The van der Waals surface area contributed by atoms with Crippen molar-refractivity contribution in [1.29, 1.82) is 0 Å². The van der Waals surface area contributed by atoms with Gasteiger partial charge < -0.3 is 9.84 Å². The summed E-state index contributed by atoms with van der Waals surface area (Å²) in [4.78, 5) is 13.0. The molecule has 0 bridgehead atoms. The second-order valence-electron chi connectivity index (χ2n) is 6.82. The van der Waals surface area contributed by atoms with Crippen molar-refractivity contribution in [3.05, 3.63) is 29.8 Å². The third-order valence-corrected chi connectivity index (χ3v) is 4.66. The van der Waals surface area contributed by atoms with Crippen LogP contribution in [0.5, 0.6) is 5.75 Å². The zero-order valence-electron chi connectivity index (χ0n) is 15.6. The molecule has 1 rings (SSSR count). The number of hydrogen-bond donors (Lipinski definition) is 1. The maximum absolute atomic E-state index is 13.0. The largest absolute Gasteiger partial charge is 0.508 e. The first-order chi connectivity index (χ1) is 11.6. The van der Waals surface area contributed by atoms with Gasteiger partial charge in [0.25, 0.3) is 0 Å². The Labute approximate surface area is 147 Å². The highest BCUT2D eigenvalue weighted by atomic mass is 16.5. The summed E-state index contributed by atoms with van der Waals surface area (Å²) in [6.07, 6.45) is 8.60. The van der Waals surface area contributed by atoms with Crippen LogP contribution in [0, 0.1) is 5.41 Å². The maximum atomic E-state index is 13.0. The number of esters is 1. The quantitative estimate of drug-likeness (QED) is 0.397. The van der Waals surface area contributed by atoms with Gasteiger partial charge in [0.05, 0.1) is 12.0 Å². The van der Waals surface area contributed by atoms with E-state index in [-0.39, 0.29) is 11.7 Å². The van der Waals surface area contributed by atoms with E-state index in [1.165, 1.54) is 0 Å². The lowest BCUT2D eigenvalue weighted by Gasteiger charge is -2.32. The average molecular weight is 334 g/mol. The molecule has 136 valence electrons. The highest BCUT2D eigenvalue weighted by Crippen LogP contribution is 2.37. The minimum atomic E-state index is -0.434. The first-order valence-corrected chi connectivity index (χ1v) is 9.53. The molecule has 0 aliphatic rings. The van der Waals surface area contributed by atoms with Gasteiger partial charge in [0.2, 0.25) is 0 Å². The van der Waals surface area contributed by atoms with E-state index >= 15 is 0 Å². The smallest absolute Gasteiger partial charge is 0.312 e. The van der Waals surface area contributed by atoms with Crippen LogP contribution in [0.25, 0.3) is 0 Å². The number of carbonyl (C=O) groups is 1. The Kier molecular flexibility index (Phi) is 9.51. The molecule has 0 spiro atoms. The third-order valence-electron chi connectivity index (χ3n) is 4.66. The van der Waals surface area contributed by atoms with Crippen LogP contribution in [-0.2, 0) is 16.0 Å². The lowest BCUT2D eigenvalue weighted by atomic mass is 9.73. The molecule has 0 radical (unpaired) electrons. The van der Waals surface area contributed by atoms with Crippen molar-refractivity contribution in [1.82, 2.24) is 0 Å². The van der Waals surface area contributed by atoms with Crippen molar-refractivity contribution in [2.24, 2.45) is 5.41 Å². The van der Waals surface area contributed by atoms with E-state index in [2.05, 4.69) is 20.8 Å². The first-order valence-electron chi connectivity index (χ1n) is 9.53. The molecule has 1 N–H and O–H groups in total. The van der Waals surface area contributed by atoms with Crippen molar-refractivity contribution in [2.75, 3.05) is 6.61 Å². The van der Waals surface area contributed by atoms with Gasteiger partial charge in [-0.25, -0.2) is 0 Å². The van der Waals surface area contributed by atoms with Gasteiger partial charge in [-0.15, -0.1) is 0 Å². The minimum absolute atomic E-state index is 0.0362. The molecule has 1 aromatic carbocycles. The molecule has 1 aromatic rings. The van der Waals surface area contributed by atoms with Crippen LogP contribution in [0.15, 0.2) is 24.3 Å². The molecule has 0 amide bonds. The predicted molar refractivity (Wildman–Crippen MR) is 99.2 cm³/mol. The summed E-state index contributed by atoms with van der Waals surface area (Å²) < 4.78 is 5.65. The van der Waals surface area contributed by atoms with Gasteiger partial charge in [-0.3, -0.25) is 4.79 Å². The van der Waals surface area contributed by atoms with Gasteiger partial charge in [0.1, 0.15) is 5.75 Å². The van der Waals surface area contributed by atoms with Crippen LogP contribution >= 0.6 is 0 Å². The van der Waals surface area contributed by atoms with E-state index < -0.39 is 5.41 Å². The molecule has 0 aromatic heterocycles. The van der Waals surface area contributed by atoms with Gasteiger partial charge in [-0.2, -0.15) is 0 Å². The molecule has 24 heavy (non-hydrogen) atoms. The lowest BCUT2D eigenvalue weighted by Crippen LogP contribution is -2.35. The second-order valence-corrected chi connectivity index (χ2v) is 6.82. The molecular formula is C21H34O3. The fourth-order valence-corrected chi connectivity index (χ4v) is 3.08. The summed E-state index contributed by atoms with van der Waals surface area (Å²) in [7, 11) is 0. The Bertz CT molecular complexity index is 456. The van der Waals surface area contributed by atoms with Crippen molar-refractivity contribution in [3.8, 4) is 5.75 Å². The van der Waals surface area contributed by atoms with Gasteiger partial charge in [-0.05, 0) is 43.4 Å². The molecule has 0 heterocycles. The molecule has 3 nitrogen and oxygen atoms in total. The normalized spacial score (nSPS) is 11.5. The average Bonchev–Trinajstić information content (AvgIpc) is 2.59. The molecule has 3 heteroatoms. The van der Waals surface area contributed by atoms with Crippen LogP contribution in [0.2, 0.25) is 0 Å². The summed E-state index contributed by atoms with van der Waals surface area (Å²) in [5.41, 5.74) is 0.656. The third kappa shape index (κ3) is 6.54. The van der Waals surface area contributed by atoms with Crippen molar-refractivity contribution < 1.29 is 14.6 Å². The summed E-state index contributed by atoms with van der Waals surface area (Å²) in [5, 5.41) is 9.50. The standard InChI is InChI=1S/C21H34O3/c1-4-7-14-21(15-8-5-2,20(23)24-16-9-6-3)17-18-10-12-19(22)13-11-18/h10-13,22H,4-9,14-17H2,1-3H3. The van der Waals surface area contributed by atoms with E-state index in [1.54, 1.807) is 12.1 Å². The zero-order chi connectivity index (χ0) is 17.8. The van der Waals surface area contributed by atoms with Crippen LogP contribution in [0.4, 0.5) is 0 Å². The Morgan fingerprint density at radius 3 is 2.00 bits per heavy atom. The number of phenolic OH excluding ortho intramolecular Hbond substituents is 1. The Morgan fingerprint density at radius 1 is 0.958 bits per heavy atom. The number of ether oxygens (including phenoxy) is 1. The van der Waals surface area contributed by atoms with Crippen LogP contribution < -0.4 is 0 Å². The Hall–Kier alpha value is -1.51.